The second-order valence-electron chi connectivity index (χ2n) is 5.73. The van der Waals surface area contributed by atoms with Crippen LogP contribution in [0.25, 0.3) is 0 Å². The summed E-state index contributed by atoms with van der Waals surface area (Å²) >= 11 is 0. The first kappa shape index (κ1) is 14.9. The molecule has 0 amide bonds. The molecule has 0 aliphatic heterocycles. The predicted octanol–water partition coefficient (Wildman–Crippen LogP) is 3.22. The van der Waals surface area contributed by atoms with Crippen molar-refractivity contribution < 1.29 is 4.74 Å². The molecule has 0 bridgehead atoms. The lowest BCUT2D eigenvalue weighted by molar-refractivity contribution is 0.0592. The molecule has 0 atom stereocenters. The number of nitrogens with one attached hydrogen (secondary N) is 1. The second kappa shape index (κ2) is 6.49. The molecular weight excluding hydrogens is 186 g/mol. The summed E-state index contributed by atoms with van der Waals surface area (Å²) in [5, 5.41) is 3.49. The van der Waals surface area contributed by atoms with Crippen molar-refractivity contribution in [2.75, 3.05) is 19.8 Å². The van der Waals surface area contributed by atoms with Gasteiger partial charge >= 0.3 is 0 Å². The molecule has 0 aromatic heterocycles. The molecular formula is C13H29NO. The molecule has 2 nitrogen and oxygen atoms in total. The van der Waals surface area contributed by atoms with E-state index in [9.17, 15) is 0 Å². The molecule has 0 unspecified atom stereocenters. The van der Waals surface area contributed by atoms with Gasteiger partial charge in [-0.1, -0.05) is 27.7 Å². The van der Waals surface area contributed by atoms with E-state index in [0.717, 1.165) is 26.2 Å². The van der Waals surface area contributed by atoms with Crippen LogP contribution >= 0.6 is 0 Å². The van der Waals surface area contributed by atoms with Crippen LogP contribution in [-0.4, -0.2) is 25.3 Å². The zero-order valence-corrected chi connectivity index (χ0v) is 11.4. The van der Waals surface area contributed by atoms with E-state index < -0.39 is 0 Å². The van der Waals surface area contributed by atoms with Gasteiger partial charge in [-0.25, -0.2) is 0 Å². The average Bonchev–Trinajstić information content (AvgIpc) is 2.17. The molecule has 0 heterocycles. The highest BCUT2D eigenvalue weighted by Gasteiger charge is 2.16. The van der Waals surface area contributed by atoms with Crippen LogP contribution in [0.3, 0.4) is 0 Å². The number of rotatable bonds is 8. The summed E-state index contributed by atoms with van der Waals surface area (Å²) < 4.78 is 5.67. The van der Waals surface area contributed by atoms with Gasteiger partial charge in [-0.05, 0) is 32.1 Å². The Morgan fingerprint density at radius 2 is 1.60 bits per heavy atom. The summed E-state index contributed by atoms with van der Waals surface area (Å²) in [6, 6.07) is 0. The topological polar surface area (TPSA) is 21.3 Å². The van der Waals surface area contributed by atoms with E-state index in [-0.39, 0.29) is 5.54 Å². The Hall–Kier alpha value is -0.0800. The van der Waals surface area contributed by atoms with E-state index in [1.54, 1.807) is 0 Å². The number of ether oxygens (including phenoxy) is 1. The van der Waals surface area contributed by atoms with Crippen molar-refractivity contribution in [3.8, 4) is 0 Å². The Kier molecular flexibility index (Phi) is 6.46. The minimum atomic E-state index is 0.240. The molecule has 0 spiro atoms. The van der Waals surface area contributed by atoms with Crippen molar-refractivity contribution in [2.24, 2.45) is 5.41 Å². The number of hydrogen-bond donors (Lipinski definition) is 1. The highest BCUT2D eigenvalue weighted by atomic mass is 16.5. The van der Waals surface area contributed by atoms with E-state index in [1.165, 1.54) is 6.42 Å². The van der Waals surface area contributed by atoms with Crippen LogP contribution in [-0.2, 0) is 4.74 Å². The SMILES string of the molecule is CCC(C)(C)COCCNC(C)(C)CC. The molecule has 0 radical (unpaired) electrons. The summed E-state index contributed by atoms with van der Waals surface area (Å²) in [6.07, 6.45) is 2.31. The third kappa shape index (κ3) is 7.80. The summed E-state index contributed by atoms with van der Waals surface area (Å²) in [7, 11) is 0. The summed E-state index contributed by atoms with van der Waals surface area (Å²) in [4.78, 5) is 0. The molecule has 0 aliphatic carbocycles. The summed E-state index contributed by atoms with van der Waals surface area (Å²) in [5.74, 6) is 0. The first-order chi connectivity index (χ1) is 6.83. The number of hydrogen-bond acceptors (Lipinski definition) is 2. The van der Waals surface area contributed by atoms with Gasteiger partial charge in [-0.3, -0.25) is 0 Å². The van der Waals surface area contributed by atoms with Gasteiger partial charge < -0.3 is 10.1 Å². The van der Waals surface area contributed by atoms with Gasteiger partial charge in [0.05, 0.1) is 13.2 Å². The molecule has 0 aromatic carbocycles. The van der Waals surface area contributed by atoms with Crippen molar-refractivity contribution in [3.63, 3.8) is 0 Å². The molecule has 2 heteroatoms. The predicted molar refractivity (Wildman–Crippen MR) is 67.3 cm³/mol. The first-order valence-electron chi connectivity index (χ1n) is 6.16. The zero-order chi connectivity index (χ0) is 11.9. The minimum Gasteiger partial charge on any atom is -0.380 e. The summed E-state index contributed by atoms with van der Waals surface area (Å²) in [5.41, 5.74) is 0.559. The van der Waals surface area contributed by atoms with Gasteiger partial charge in [0, 0.05) is 12.1 Å². The van der Waals surface area contributed by atoms with E-state index in [2.05, 4.69) is 46.9 Å². The molecule has 0 saturated heterocycles. The lowest BCUT2D eigenvalue weighted by Crippen LogP contribution is -2.40. The lowest BCUT2D eigenvalue weighted by atomic mass is 9.92. The van der Waals surface area contributed by atoms with E-state index in [4.69, 9.17) is 4.74 Å². The molecule has 92 valence electrons. The van der Waals surface area contributed by atoms with Crippen molar-refractivity contribution in [3.05, 3.63) is 0 Å². The first-order valence-corrected chi connectivity index (χ1v) is 6.16. The maximum absolute atomic E-state index is 5.67. The van der Waals surface area contributed by atoms with Gasteiger partial charge in [-0.15, -0.1) is 0 Å². The monoisotopic (exact) mass is 215 g/mol. The Morgan fingerprint density at radius 3 is 2.07 bits per heavy atom. The third-order valence-corrected chi connectivity index (χ3v) is 3.18. The molecule has 1 N–H and O–H groups in total. The standard InChI is InChI=1S/C13H29NO/c1-7-12(3,4)11-15-10-9-14-13(5,6)8-2/h14H,7-11H2,1-6H3. The van der Waals surface area contributed by atoms with Crippen LogP contribution < -0.4 is 5.32 Å². The second-order valence-corrected chi connectivity index (χ2v) is 5.73. The Morgan fingerprint density at radius 1 is 1.00 bits per heavy atom. The van der Waals surface area contributed by atoms with E-state index in [1.807, 2.05) is 0 Å². The highest BCUT2D eigenvalue weighted by Crippen LogP contribution is 2.19. The largest absolute Gasteiger partial charge is 0.380 e. The lowest BCUT2D eigenvalue weighted by Gasteiger charge is -2.26. The van der Waals surface area contributed by atoms with Crippen LogP contribution in [0.4, 0.5) is 0 Å². The average molecular weight is 215 g/mol. The van der Waals surface area contributed by atoms with Gasteiger partial charge in [0.25, 0.3) is 0 Å². The van der Waals surface area contributed by atoms with Crippen molar-refractivity contribution in [2.45, 2.75) is 59.9 Å². The maximum atomic E-state index is 5.67. The van der Waals surface area contributed by atoms with Crippen LogP contribution in [0.2, 0.25) is 0 Å². The molecule has 0 aliphatic rings. The molecule has 0 rings (SSSR count). The fraction of sp³-hybridized carbons (Fsp3) is 1.00. The van der Waals surface area contributed by atoms with Crippen molar-refractivity contribution in [1.82, 2.24) is 5.32 Å². The van der Waals surface area contributed by atoms with E-state index >= 15 is 0 Å². The molecule has 0 aromatic rings. The Labute approximate surface area is 95.8 Å². The fourth-order valence-electron chi connectivity index (χ4n) is 1.04. The van der Waals surface area contributed by atoms with Crippen molar-refractivity contribution >= 4 is 0 Å². The maximum Gasteiger partial charge on any atom is 0.0591 e. The van der Waals surface area contributed by atoms with Crippen LogP contribution in [0.15, 0.2) is 0 Å². The minimum absolute atomic E-state index is 0.240. The normalized spacial score (nSPS) is 13.2. The van der Waals surface area contributed by atoms with Gasteiger partial charge in [-0.2, -0.15) is 0 Å². The smallest absolute Gasteiger partial charge is 0.0591 e. The van der Waals surface area contributed by atoms with Crippen LogP contribution in [0.1, 0.15) is 54.4 Å². The van der Waals surface area contributed by atoms with Gasteiger partial charge in [0.15, 0.2) is 0 Å². The fourth-order valence-corrected chi connectivity index (χ4v) is 1.04. The van der Waals surface area contributed by atoms with E-state index in [0.29, 0.717) is 5.41 Å². The highest BCUT2D eigenvalue weighted by molar-refractivity contribution is 4.74. The molecule has 0 saturated carbocycles. The van der Waals surface area contributed by atoms with Crippen molar-refractivity contribution in [1.29, 1.82) is 0 Å². The summed E-state index contributed by atoms with van der Waals surface area (Å²) in [6.45, 7) is 16.0. The quantitative estimate of drug-likeness (QED) is 0.628. The van der Waals surface area contributed by atoms with Crippen LogP contribution in [0.5, 0.6) is 0 Å². The Balaban J connectivity index is 3.48. The molecule has 0 fully saturated rings. The van der Waals surface area contributed by atoms with Gasteiger partial charge in [0.2, 0.25) is 0 Å². The zero-order valence-electron chi connectivity index (χ0n) is 11.4. The third-order valence-electron chi connectivity index (χ3n) is 3.18. The molecule has 15 heavy (non-hydrogen) atoms. The van der Waals surface area contributed by atoms with Gasteiger partial charge in [0.1, 0.15) is 0 Å². The van der Waals surface area contributed by atoms with Crippen LogP contribution in [0, 0.1) is 5.41 Å². The Bertz CT molecular complexity index is 146.